The van der Waals surface area contributed by atoms with Crippen LogP contribution in [0.15, 0.2) is 39.7 Å². The van der Waals surface area contributed by atoms with Gasteiger partial charge in [0.25, 0.3) is 10.0 Å². The van der Waals surface area contributed by atoms with E-state index in [1.165, 1.54) is 44.8 Å². The number of likely N-dealkylation sites (tertiary alicyclic amines) is 1. The summed E-state index contributed by atoms with van der Waals surface area (Å²) < 4.78 is 28.4. The Kier molecular flexibility index (Phi) is 5.85. The highest BCUT2D eigenvalue weighted by molar-refractivity contribution is 7.89. The summed E-state index contributed by atoms with van der Waals surface area (Å²) >= 11 is 0. The predicted octanol–water partition coefficient (Wildman–Crippen LogP) is 4.51. The van der Waals surface area contributed by atoms with E-state index < -0.39 is 10.0 Å². The zero-order valence-corrected chi connectivity index (χ0v) is 17.6. The lowest BCUT2D eigenvalue weighted by Gasteiger charge is -2.49. The minimum atomic E-state index is -3.46. The summed E-state index contributed by atoms with van der Waals surface area (Å²) in [5.74, 6) is 1.60. The van der Waals surface area contributed by atoms with Gasteiger partial charge in [0.1, 0.15) is 17.6 Å². The topological polar surface area (TPSA) is 62.1 Å². The monoisotopic (exact) mass is 401 g/mol. The smallest absolute Gasteiger partial charge is 0.251 e. The van der Waals surface area contributed by atoms with Crippen LogP contribution in [0, 0.1) is 0 Å². The van der Waals surface area contributed by atoms with Crippen molar-refractivity contribution in [2.24, 2.45) is 9.39 Å². The van der Waals surface area contributed by atoms with Gasteiger partial charge >= 0.3 is 0 Å². The lowest BCUT2D eigenvalue weighted by molar-refractivity contribution is 0.293. The highest BCUT2D eigenvalue weighted by Crippen LogP contribution is 2.39. The number of benzene rings is 1. The van der Waals surface area contributed by atoms with E-state index in [0.717, 1.165) is 37.1 Å². The quantitative estimate of drug-likeness (QED) is 0.746. The molecule has 3 fully saturated rings. The standard InChI is InChI=1S/C22H31N3O2S/c1-28(26,27)24-22-20(17-11-5-2-6-12-17)21(23-18-13-7-3-8-14-18)25(22)19-15-9-4-10-16-19/h2,5-6,11-12,18-20H,3-4,7-10,13-16H2,1H3/b23-21?,24-22+. The molecule has 1 atom stereocenters. The van der Waals surface area contributed by atoms with Crippen molar-refractivity contribution in [1.29, 1.82) is 0 Å². The summed E-state index contributed by atoms with van der Waals surface area (Å²) in [5.41, 5.74) is 1.09. The van der Waals surface area contributed by atoms with Crippen LogP contribution < -0.4 is 0 Å². The van der Waals surface area contributed by atoms with Crippen molar-refractivity contribution < 1.29 is 8.42 Å². The fourth-order valence-electron chi connectivity index (χ4n) is 4.90. The third kappa shape index (κ3) is 4.32. The second kappa shape index (κ2) is 8.36. The van der Waals surface area contributed by atoms with Gasteiger partial charge < -0.3 is 4.90 Å². The highest BCUT2D eigenvalue weighted by atomic mass is 32.2. The zero-order chi connectivity index (χ0) is 19.6. The average molecular weight is 402 g/mol. The summed E-state index contributed by atoms with van der Waals surface area (Å²) in [6, 6.07) is 10.8. The summed E-state index contributed by atoms with van der Waals surface area (Å²) in [6.45, 7) is 0. The molecule has 1 aromatic rings. The first-order valence-corrected chi connectivity index (χ1v) is 12.6. The molecular formula is C22H31N3O2S. The minimum absolute atomic E-state index is 0.125. The Morgan fingerprint density at radius 1 is 0.857 bits per heavy atom. The van der Waals surface area contributed by atoms with Crippen LogP contribution >= 0.6 is 0 Å². The lowest BCUT2D eigenvalue weighted by Crippen LogP contribution is -2.61. The first-order valence-electron chi connectivity index (χ1n) is 10.7. The molecular weight excluding hydrogens is 370 g/mol. The molecule has 0 radical (unpaired) electrons. The van der Waals surface area contributed by atoms with Crippen LogP contribution in [0.2, 0.25) is 0 Å². The van der Waals surface area contributed by atoms with Crippen LogP contribution in [0.25, 0.3) is 0 Å². The van der Waals surface area contributed by atoms with Crippen LogP contribution in [0.3, 0.4) is 0 Å². The number of amidine groups is 2. The van der Waals surface area contributed by atoms with Crippen LogP contribution in [0.1, 0.15) is 75.7 Å². The molecule has 28 heavy (non-hydrogen) atoms. The molecule has 1 saturated heterocycles. The Hall–Kier alpha value is -1.69. The largest absolute Gasteiger partial charge is 0.313 e. The van der Waals surface area contributed by atoms with Crippen molar-refractivity contribution in [2.45, 2.75) is 82.2 Å². The fourth-order valence-corrected chi connectivity index (χ4v) is 5.44. The molecule has 0 N–H and O–H groups in total. The van der Waals surface area contributed by atoms with Crippen molar-refractivity contribution in [3.05, 3.63) is 35.9 Å². The van der Waals surface area contributed by atoms with Crippen LogP contribution in [-0.4, -0.2) is 43.3 Å². The molecule has 3 aliphatic rings. The number of hydrogen-bond donors (Lipinski definition) is 0. The van der Waals surface area contributed by atoms with E-state index in [9.17, 15) is 8.42 Å². The fraction of sp³-hybridized carbons (Fsp3) is 0.636. The van der Waals surface area contributed by atoms with E-state index in [0.29, 0.717) is 17.9 Å². The van der Waals surface area contributed by atoms with Crippen LogP contribution in [0.4, 0.5) is 0 Å². The van der Waals surface area contributed by atoms with E-state index in [2.05, 4.69) is 21.4 Å². The van der Waals surface area contributed by atoms with Crippen molar-refractivity contribution in [1.82, 2.24) is 4.90 Å². The predicted molar refractivity (Wildman–Crippen MR) is 114 cm³/mol. The summed E-state index contributed by atoms with van der Waals surface area (Å²) in [7, 11) is -3.46. The van der Waals surface area contributed by atoms with Gasteiger partial charge in [-0.25, -0.2) is 8.42 Å². The van der Waals surface area contributed by atoms with E-state index >= 15 is 0 Å². The molecule has 1 heterocycles. The third-order valence-electron chi connectivity index (χ3n) is 6.23. The van der Waals surface area contributed by atoms with Gasteiger partial charge in [-0.2, -0.15) is 0 Å². The van der Waals surface area contributed by atoms with Gasteiger partial charge in [-0.15, -0.1) is 4.40 Å². The summed E-state index contributed by atoms with van der Waals surface area (Å²) in [4.78, 5) is 7.39. The molecule has 0 bridgehead atoms. The van der Waals surface area contributed by atoms with Gasteiger partial charge in [-0.3, -0.25) is 4.99 Å². The van der Waals surface area contributed by atoms with E-state index in [1.54, 1.807) is 0 Å². The van der Waals surface area contributed by atoms with Crippen LogP contribution in [-0.2, 0) is 10.0 Å². The Bertz CT molecular complexity index is 836. The Labute approximate surface area is 169 Å². The minimum Gasteiger partial charge on any atom is -0.313 e. The molecule has 4 rings (SSSR count). The molecule has 1 aliphatic heterocycles. The van der Waals surface area contributed by atoms with Crippen molar-refractivity contribution in [2.75, 3.05) is 6.26 Å². The molecule has 2 aliphatic carbocycles. The van der Waals surface area contributed by atoms with Crippen molar-refractivity contribution in [3.63, 3.8) is 0 Å². The van der Waals surface area contributed by atoms with Crippen molar-refractivity contribution >= 4 is 21.7 Å². The molecule has 1 unspecified atom stereocenters. The van der Waals surface area contributed by atoms with Gasteiger partial charge in [0.2, 0.25) is 0 Å². The third-order valence-corrected chi connectivity index (χ3v) is 6.75. The Morgan fingerprint density at radius 2 is 1.46 bits per heavy atom. The van der Waals surface area contributed by atoms with Gasteiger partial charge in [0, 0.05) is 6.04 Å². The number of hydrogen-bond acceptors (Lipinski definition) is 3. The maximum Gasteiger partial charge on any atom is 0.251 e. The van der Waals surface area contributed by atoms with E-state index in [4.69, 9.17) is 4.99 Å². The van der Waals surface area contributed by atoms with Crippen LogP contribution in [0.5, 0.6) is 0 Å². The second-order valence-corrected chi connectivity index (χ2v) is 10.1. The normalized spacial score (nSPS) is 27.9. The molecule has 6 heteroatoms. The first kappa shape index (κ1) is 19.6. The maximum absolute atomic E-state index is 12.1. The molecule has 2 saturated carbocycles. The maximum atomic E-state index is 12.1. The van der Waals surface area contributed by atoms with Gasteiger partial charge in [0.15, 0.2) is 0 Å². The van der Waals surface area contributed by atoms with Gasteiger partial charge in [0.05, 0.1) is 12.3 Å². The molecule has 0 spiro atoms. The number of rotatable bonds is 4. The molecule has 1 aromatic carbocycles. The first-order chi connectivity index (χ1) is 13.5. The average Bonchev–Trinajstić information content (AvgIpc) is 2.69. The number of nitrogens with zero attached hydrogens (tertiary/aromatic N) is 3. The van der Waals surface area contributed by atoms with Crippen molar-refractivity contribution in [3.8, 4) is 0 Å². The number of aliphatic imine (C=N–C) groups is 1. The second-order valence-electron chi connectivity index (χ2n) is 8.47. The summed E-state index contributed by atoms with van der Waals surface area (Å²) in [5, 5.41) is 0. The molecule has 152 valence electrons. The molecule has 5 nitrogen and oxygen atoms in total. The summed E-state index contributed by atoms with van der Waals surface area (Å²) in [6.07, 6.45) is 13.1. The Balaban J connectivity index is 1.75. The molecule has 0 aromatic heterocycles. The number of sulfonamides is 1. The van der Waals surface area contributed by atoms with E-state index in [-0.39, 0.29) is 5.92 Å². The van der Waals surface area contributed by atoms with Gasteiger partial charge in [-0.1, -0.05) is 68.9 Å². The highest BCUT2D eigenvalue weighted by Gasteiger charge is 2.47. The SMILES string of the molecule is CS(=O)(=O)/N=C1\C(c2ccccc2)C(=NC2CCCCC2)N1C1CCCCC1. The zero-order valence-electron chi connectivity index (χ0n) is 16.8. The molecule has 0 amide bonds. The lowest BCUT2D eigenvalue weighted by atomic mass is 9.82. The van der Waals surface area contributed by atoms with Gasteiger partial charge in [-0.05, 0) is 31.2 Å². The van der Waals surface area contributed by atoms with E-state index in [1.807, 2.05) is 18.2 Å². The Morgan fingerprint density at radius 3 is 2.07 bits per heavy atom.